The SMILES string of the molecule is CC(=O)N1CCN(C(C)C)C(C(=O)N(C)C)C1. The van der Waals surface area contributed by atoms with Gasteiger partial charge in [-0.2, -0.15) is 0 Å². The molecule has 0 bridgehead atoms. The van der Waals surface area contributed by atoms with Crippen LogP contribution < -0.4 is 0 Å². The lowest BCUT2D eigenvalue weighted by atomic mass is 10.1. The minimum atomic E-state index is -0.206. The summed E-state index contributed by atoms with van der Waals surface area (Å²) in [6.45, 7) is 7.71. The summed E-state index contributed by atoms with van der Waals surface area (Å²) in [6.07, 6.45) is 0. The molecular formula is C12H23N3O2. The Morgan fingerprint density at radius 1 is 1.24 bits per heavy atom. The molecule has 1 rings (SSSR count). The molecule has 0 spiro atoms. The van der Waals surface area contributed by atoms with Crippen LogP contribution in [0.25, 0.3) is 0 Å². The van der Waals surface area contributed by atoms with Gasteiger partial charge in [0.05, 0.1) is 0 Å². The molecule has 1 aliphatic heterocycles. The molecule has 1 saturated heterocycles. The zero-order valence-electron chi connectivity index (χ0n) is 11.4. The van der Waals surface area contributed by atoms with E-state index in [0.717, 1.165) is 6.54 Å². The first kappa shape index (κ1) is 14.0. The monoisotopic (exact) mass is 241 g/mol. The maximum absolute atomic E-state index is 12.1. The fourth-order valence-electron chi connectivity index (χ4n) is 2.22. The number of piperazine rings is 1. The Labute approximate surface area is 103 Å². The van der Waals surface area contributed by atoms with Gasteiger partial charge in [-0.25, -0.2) is 0 Å². The first-order chi connectivity index (χ1) is 7.84. The summed E-state index contributed by atoms with van der Waals surface area (Å²) < 4.78 is 0. The number of rotatable bonds is 2. The first-order valence-corrected chi connectivity index (χ1v) is 6.07. The smallest absolute Gasteiger partial charge is 0.241 e. The van der Waals surface area contributed by atoms with Crippen LogP contribution in [0.1, 0.15) is 20.8 Å². The normalized spacial score (nSPS) is 21.8. The van der Waals surface area contributed by atoms with Crippen molar-refractivity contribution in [2.75, 3.05) is 33.7 Å². The third kappa shape index (κ3) is 3.19. The van der Waals surface area contributed by atoms with Crippen LogP contribution >= 0.6 is 0 Å². The lowest BCUT2D eigenvalue weighted by Crippen LogP contribution is -2.61. The van der Waals surface area contributed by atoms with E-state index in [4.69, 9.17) is 0 Å². The summed E-state index contributed by atoms with van der Waals surface area (Å²) in [7, 11) is 3.51. The molecule has 1 aliphatic rings. The zero-order chi connectivity index (χ0) is 13.2. The van der Waals surface area contributed by atoms with E-state index in [1.165, 1.54) is 0 Å². The highest BCUT2D eigenvalue weighted by Gasteiger charge is 2.35. The molecule has 1 heterocycles. The van der Waals surface area contributed by atoms with E-state index in [2.05, 4.69) is 18.7 Å². The number of likely N-dealkylation sites (N-methyl/N-ethyl adjacent to an activating group) is 1. The lowest BCUT2D eigenvalue weighted by molar-refractivity contribution is -0.142. The average Bonchev–Trinajstić information content (AvgIpc) is 2.26. The quantitative estimate of drug-likeness (QED) is 0.684. The Balaban J connectivity index is 2.83. The molecule has 2 amide bonds. The Kier molecular flexibility index (Phi) is 4.51. The maximum atomic E-state index is 12.1. The molecule has 98 valence electrons. The fourth-order valence-corrected chi connectivity index (χ4v) is 2.22. The highest BCUT2D eigenvalue weighted by molar-refractivity contribution is 5.83. The molecule has 0 aromatic rings. The van der Waals surface area contributed by atoms with E-state index < -0.39 is 0 Å². The minimum Gasteiger partial charge on any atom is -0.347 e. The molecular weight excluding hydrogens is 218 g/mol. The van der Waals surface area contributed by atoms with Gasteiger partial charge in [-0.15, -0.1) is 0 Å². The van der Waals surface area contributed by atoms with Gasteiger partial charge < -0.3 is 9.80 Å². The van der Waals surface area contributed by atoms with Crippen LogP contribution in [0.3, 0.4) is 0 Å². The van der Waals surface area contributed by atoms with Gasteiger partial charge in [-0.05, 0) is 13.8 Å². The number of nitrogens with zero attached hydrogens (tertiary/aromatic N) is 3. The number of hydrogen-bond donors (Lipinski definition) is 0. The van der Waals surface area contributed by atoms with E-state index in [0.29, 0.717) is 19.1 Å². The van der Waals surface area contributed by atoms with Gasteiger partial charge >= 0.3 is 0 Å². The van der Waals surface area contributed by atoms with Crippen LogP contribution in [-0.2, 0) is 9.59 Å². The summed E-state index contributed by atoms with van der Waals surface area (Å²) in [5, 5.41) is 0. The highest BCUT2D eigenvalue weighted by atomic mass is 16.2. The van der Waals surface area contributed by atoms with Crippen molar-refractivity contribution in [1.29, 1.82) is 0 Å². The van der Waals surface area contributed by atoms with Crippen LogP contribution in [-0.4, -0.2) is 72.3 Å². The second kappa shape index (κ2) is 5.49. The average molecular weight is 241 g/mol. The molecule has 17 heavy (non-hydrogen) atoms. The lowest BCUT2D eigenvalue weighted by Gasteiger charge is -2.43. The van der Waals surface area contributed by atoms with Crippen LogP contribution in [0, 0.1) is 0 Å². The van der Waals surface area contributed by atoms with Gasteiger partial charge in [0.25, 0.3) is 0 Å². The molecule has 0 radical (unpaired) electrons. The third-order valence-electron chi connectivity index (χ3n) is 3.26. The zero-order valence-corrected chi connectivity index (χ0v) is 11.4. The van der Waals surface area contributed by atoms with Crippen molar-refractivity contribution in [1.82, 2.24) is 14.7 Å². The second-order valence-corrected chi connectivity index (χ2v) is 5.05. The predicted molar refractivity (Wildman–Crippen MR) is 66.6 cm³/mol. The van der Waals surface area contributed by atoms with Crippen LogP contribution in [0.15, 0.2) is 0 Å². The Morgan fingerprint density at radius 2 is 1.82 bits per heavy atom. The molecule has 1 unspecified atom stereocenters. The topological polar surface area (TPSA) is 43.9 Å². The highest BCUT2D eigenvalue weighted by Crippen LogP contribution is 2.15. The molecule has 0 N–H and O–H groups in total. The van der Waals surface area contributed by atoms with Crippen LogP contribution in [0.2, 0.25) is 0 Å². The fraction of sp³-hybridized carbons (Fsp3) is 0.833. The maximum Gasteiger partial charge on any atom is 0.241 e. The van der Waals surface area contributed by atoms with Crippen molar-refractivity contribution in [3.8, 4) is 0 Å². The van der Waals surface area contributed by atoms with Gasteiger partial charge in [0, 0.05) is 46.7 Å². The molecule has 0 aliphatic carbocycles. The van der Waals surface area contributed by atoms with Crippen LogP contribution in [0.4, 0.5) is 0 Å². The molecule has 0 aromatic heterocycles. The van der Waals surface area contributed by atoms with E-state index in [9.17, 15) is 9.59 Å². The van der Waals surface area contributed by atoms with E-state index in [1.54, 1.807) is 30.8 Å². The van der Waals surface area contributed by atoms with Crippen molar-refractivity contribution in [2.24, 2.45) is 0 Å². The number of hydrogen-bond acceptors (Lipinski definition) is 3. The predicted octanol–water partition coefficient (Wildman–Crippen LogP) is 0.0157. The van der Waals surface area contributed by atoms with E-state index in [1.807, 2.05) is 0 Å². The Hall–Kier alpha value is -1.10. The molecule has 5 nitrogen and oxygen atoms in total. The molecule has 1 fully saturated rings. The summed E-state index contributed by atoms with van der Waals surface area (Å²) >= 11 is 0. The Bertz CT molecular complexity index is 302. The summed E-state index contributed by atoms with van der Waals surface area (Å²) in [6, 6.07) is 0.112. The van der Waals surface area contributed by atoms with Crippen molar-refractivity contribution in [2.45, 2.75) is 32.9 Å². The molecule has 0 aromatic carbocycles. The number of carbonyl (C=O) groups excluding carboxylic acids is 2. The number of carbonyl (C=O) groups is 2. The summed E-state index contributed by atoms with van der Waals surface area (Å²) in [5.41, 5.74) is 0. The largest absolute Gasteiger partial charge is 0.347 e. The van der Waals surface area contributed by atoms with Crippen LogP contribution in [0.5, 0.6) is 0 Å². The van der Waals surface area contributed by atoms with Crippen molar-refractivity contribution < 1.29 is 9.59 Å². The Morgan fingerprint density at radius 3 is 2.24 bits per heavy atom. The summed E-state index contributed by atoms with van der Waals surface area (Å²) in [5.74, 6) is 0.120. The van der Waals surface area contributed by atoms with Gasteiger partial charge in [0.15, 0.2) is 0 Å². The summed E-state index contributed by atoms with van der Waals surface area (Å²) in [4.78, 5) is 29.0. The molecule has 5 heteroatoms. The first-order valence-electron chi connectivity index (χ1n) is 6.07. The van der Waals surface area contributed by atoms with E-state index in [-0.39, 0.29) is 17.9 Å². The van der Waals surface area contributed by atoms with Gasteiger partial charge in [0.2, 0.25) is 11.8 Å². The third-order valence-corrected chi connectivity index (χ3v) is 3.26. The van der Waals surface area contributed by atoms with Gasteiger partial charge in [-0.3, -0.25) is 14.5 Å². The second-order valence-electron chi connectivity index (χ2n) is 5.05. The molecule has 1 atom stereocenters. The van der Waals surface area contributed by atoms with Gasteiger partial charge in [0.1, 0.15) is 6.04 Å². The molecule has 0 saturated carbocycles. The van der Waals surface area contributed by atoms with E-state index >= 15 is 0 Å². The standard InChI is InChI=1S/C12H23N3O2/c1-9(2)15-7-6-14(10(3)16)8-11(15)12(17)13(4)5/h9,11H,6-8H2,1-5H3. The van der Waals surface area contributed by atoms with Crippen molar-refractivity contribution in [3.63, 3.8) is 0 Å². The number of amides is 2. The van der Waals surface area contributed by atoms with Crippen molar-refractivity contribution >= 4 is 11.8 Å². The van der Waals surface area contributed by atoms with Gasteiger partial charge in [-0.1, -0.05) is 0 Å². The minimum absolute atomic E-state index is 0.0463. The van der Waals surface area contributed by atoms with Crippen molar-refractivity contribution in [3.05, 3.63) is 0 Å².